The molecule has 1 N–H and O–H groups in total. The predicted octanol–water partition coefficient (Wildman–Crippen LogP) is 2.69. The molecule has 3 rings (SSSR count). The fraction of sp³-hybridized carbons (Fsp3) is 0.533. The molecule has 3 nitrogen and oxygen atoms in total. The zero-order valence-electron chi connectivity index (χ0n) is 11.3. The van der Waals surface area contributed by atoms with Crippen LogP contribution in [0.2, 0.25) is 0 Å². The molecule has 2 heterocycles. The molecule has 2 aromatic rings. The summed E-state index contributed by atoms with van der Waals surface area (Å²) in [5, 5.41) is 8.89. The van der Waals surface area contributed by atoms with Crippen LogP contribution in [0.25, 0.3) is 10.9 Å². The van der Waals surface area contributed by atoms with E-state index in [1.54, 1.807) is 0 Å². The Labute approximate surface area is 112 Å². The molecule has 2 atom stereocenters. The number of nitrogens with zero attached hydrogens (tertiary/aromatic N) is 2. The number of para-hydroxylation sites is 1. The molecule has 4 heteroatoms. The third-order valence-electron chi connectivity index (χ3n) is 3.96. The first-order valence-electron chi connectivity index (χ1n) is 7.11. The lowest BCUT2D eigenvalue weighted by atomic mass is 10.0. The lowest BCUT2D eigenvalue weighted by Gasteiger charge is -2.14. The van der Waals surface area contributed by atoms with Crippen LogP contribution in [0.5, 0.6) is 0 Å². The molecule has 1 fully saturated rings. The first-order chi connectivity index (χ1) is 9.29. The average Bonchev–Trinajstić information content (AvgIpc) is 3.07. The molecule has 1 saturated heterocycles. The molecule has 0 radical (unpaired) electrons. The van der Waals surface area contributed by atoms with Gasteiger partial charge in [0, 0.05) is 24.4 Å². The Balaban J connectivity index is 1.87. The molecule has 0 bridgehead atoms. The third-order valence-corrected chi connectivity index (χ3v) is 3.96. The summed E-state index contributed by atoms with van der Waals surface area (Å²) in [6.07, 6.45) is 1.58. The highest BCUT2D eigenvalue weighted by molar-refractivity contribution is 5.82. The topological polar surface area (TPSA) is 29.9 Å². The Morgan fingerprint density at radius 3 is 3.05 bits per heavy atom. The highest BCUT2D eigenvalue weighted by atomic mass is 19.1. The second-order valence-corrected chi connectivity index (χ2v) is 5.20. The summed E-state index contributed by atoms with van der Waals surface area (Å²) in [6, 6.07) is 8.10. The van der Waals surface area contributed by atoms with E-state index in [0.29, 0.717) is 6.42 Å². The van der Waals surface area contributed by atoms with E-state index < -0.39 is 6.17 Å². The molecule has 1 aliphatic rings. The lowest BCUT2D eigenvalue weighted by Crippen LogP contribution is -2.33. The van der Waals surface area contributed by atoms with Crippen molar-refractivity contribution in [2.24, 2.45) is 0 Å². The highest BCUT2D eigenvalue weighted by Crippen LogP contribution is 2.22. The number of benzene rings is 1. The highest BCUT2D eigenvalue weighted by Gasteiger charge is 2.26. The molecule has 0 amide bonds. The maximum atomic E-state index is 14.3. The number of halogens is 1. The summed E-state index contributed by atoms with van der Waals surface area (Å²) < 4.78 is 16.3. The van der Waals surface area contributed by atoms with Crippen LogP contribution in [0, 0.1) is 0 Å². The minimum Gasteiger partial charge on any atom is -0.311 e. The first-order valence-corrected chi connectivity index (χ1v) is 7.11. The monoisotopic (exact) mass is 261 g/mol. The lowest BCUT2D eigenvalue weighted by molar-refractivity contribution is 0.262. The number of aromatic nitrogens is 2. The maximum absolute atomic E-state index is 14.3. The standard InChI is InChI=1S/C15H20FN3/c1-2-19-15-8-4-3-6-11(15)14(18-19)10-12(16)13-7-5-9-17-13/h3-4,6,8,12-13,17H,2,5,7,9-10H2,1H3. The Kier molecular flexibility index (Phi) is 3.51. The van der Waals surface area contributed by atoms with Gasteiger partial charge in [-0.25, -0.2) is 4.39 Å². The van der Waals surface area contributed by atoms with Crippen molar-refractivity contribution >= 4 is 10.9 Å². The van der Waals surface area contributed by atoms with Gasteiger partial charge >= 0.3 is 0 Å². The summed E-state index contributed by atoms with van der Waals surface area (Å²) in [4.78, 5) is 0. The zero-order valence-corrected chi connectivity index (χ0v) is 11.3. The van der Waals surface area contributed by atoms with Crippen molar-refractivity contribution in [1.29, 1.82) is 0 Å². The van der Waals surface area contributed by atoms with Crippen molar-refractivity contribution in [2.45, 2.75) is 44.9 Å². The van der Waals surface area contributed by atoms with E-state index in [9.17, 15) is 4.39 Å². The smallest absolute Gasteiger partial charge is 0.121 e. The minimum absolute atomic E-state index is 0.00513. The van der Waals surface area contributed by atoms with Crippen molar-refractivity contribution < 1.29 is 4.39 Å². The SMILES string of the molecule is CCn1nc(CC(F)C2CCCN2)c2ccccc21. The summed E-state index contributed by atoms with van der Waals surface area (Å²) in [6.45, 7) is 3.82. The second-order valence-electron chi connectivity index (χ2n) is 5.20. The van der Waals surface area contributed by atoms with Gasteiger partial charge in [0.05, 0.1) is 11.2 Å². The molecular formula is C15H20FN3. The molecule has 0 aliphatic carbocycles. The van der Waals surface area contributed by atoms with E-state index in [-0.39, 0.29) is 6.04 Å². The van der Waals surface area contributed by atoms with Gasteiger partial charge in [-0.2, -0.15) is 5.10 Å². The number of fused-ring (bicyclic) bond motifs is 1. The fourth-order valence-electron chi connectivity index (χ4n) is 2.94. The van der Waals surface area contributed by atoms with E-state index >= 15 is 0 Å². The summed E-state index contributed by atoms with van der Waals surface area (Å²) in [5.41, 5.74) is 1.99. The normalized spacial score (nSPS) is 21.1. The number of nitrogens with one attached hydrogen (secondary N) is 1. The van der Waals surface area contributed by atoms with Gasteiger partial charge in [0.2, 0.25) is 0 Å². The molecule has 1 aromatic carbocycles. The van der Waals surface area contributed by atoms with Gasteiger partial charge in [0.15, 0.2) is 0 Å². The van der Waals surface area contributed by atoms with Crippen LogP contribution in [0.3, 0.4) is 0 Å². The molecule has 0 spiro atoms. The Hall–Kier alpha value is -1.42. The van der Waals surface area contributed by atoms with Crippen molar-refractivity contribution in [3.8, 4) is 0 Å². The van der Waals surface area contributed by atoms with Crippen LogP contribution in [-0.2, 0) is 13.0 Å². The van der Waals surface area contributed by atoms with E-state index in [2.05, 4.69) is 23.4 Å². The number of alkyl halides is 1. The molecule has 1 aliphatic heterocycles. The van der Waals surface area contributed by atoms with Gasteiger partial charge in [-0.05, 0) is 32.4 Å². The molecule has 102 valence electrons. The number of rotatable bonds is 4. The van der Waals surface area contributed by atoms with Gasteiger partial charge in [0.25, 0.3) is 0 Å². The molecule has 1 aromatic heterocycles. The van der Waals surface area contributed by atoms with Gasteiger partial charge in [0.1, 0.15) is 6.17 Å². The van der Waals surface area contributed by atoms with Crippen LogP contribution in [0.15, 0.2) is 24.3 Å². The van der Waals surface area contributed by atoms with Crippen LogP contribution in [0.4, 0.5) is 4.39 Å². The second kappa shape index (κ2) is 5.29. The minimum atomic E-state index is -0.842. The van der Waals surface area contributed by atoms with Crippen molar-refractivity contribution in [1.82, 2.24) is 15.1 Å². The Bertz CT molecular complexity index is 558. The Morgan fingerprint density at radius 2 is 2.32 bits per heavy atom. The molecule has 19 heavy (non-hydrogen) atoms. The summed E-state index contributed by atoms with van der Waals surface area (Å²) in [7, 11) is 0. The quantitative estimate of drug-likeness (QED) is 0.917. The largest absolute Gasteiger partial charge is 0.311 e. The average molecular weight is 261 g/mol. The van der Waals surface area contributed by atoms with Gasteiger partial charge in [-0.1, -0.05) is 18.2 Å². The number of hydrogen-bond acceptors (Lipinski definition) is 2. The van der Waals surface area contributed by atoms with Crippen LogP contribution >= 0.6 is 0 Å². The van der Waals surface area contributed by atoms with Crippen LogP contribution in [0.1, 0.15) is 25.5 Å². The number of aryl methyl sites for hydroxylation is 1. The Morgan fingerprint density at radius 1 is 1.47 bits per heavy atom. The third kappa shape index (κ3) is 2.37. The van der Waals surface area contributed by atoms with Crippen molar-refractivity contribution in [3.05, 3.63) is 30.0 Å². The number of hydrogen-bond donors (Lipinski definition) is 1. The van der Waals surface area contributed by atoms with Crippen LogP contribution < -0.4 is 5.32 Å². The predicted molar refractivity (Wildman–Crippen MR) is 75.0 cm³/mol. The molecular weight excluding hydrogens is 241 g/mol. The molecule has 0 saturated carbocycles. The van der Waals surface area contributed by atoms with E-state index in [4.69, 9.17) is 0 Å². The molecule has 2 unspecified atom stereocenters. The first kappa shape index (κ1) is 12.6. The van der Waals surface area contributed by atoms with Gasteiger partial charge in [-0.3, -0.25) is 4.68 Å². The summed E-state index contributed by atoms with van der Waals surface area (Å²) in [5.74, 6) is 0. The summed E-state index contributed by atoms with van der Waals surface area (Å²) >= 11 is 0. The van der Waals surface area contributed by atoms with Gasteiger partial charge < -0.3 is 5.32 Å². The maximum Gasteiger partial charge on any atom is 0.121 e. The van der Waals surface area contributed by atoms with Crippen molar-refractivity contribution in [3.63, 3.8) is 0 Å². The van der Waals surface area contributed by atoms with E-state index in [0.717, 1.165) is 42.5 Å². The van der Waals surface area contributed by atoms with Gasteiger partial charge in [-0.15, -0.1) is 0 Å². The van der Waals surface area contributed by atoms with E-state index in [1.807, 2.05) is 22.9 Å². The van der Waals surface area contributed by atoms with Crippen LogP contribution in [-0.4, -0.2) is 28.5 Å². The van der Waals surface area contributed by atoms with Crippen molar-refractivity contribution in [2.75, 3.05) is 6.54 Å². The zero-order chi connectivity index (χ0) is 13.2. The fourth-order valence-corrected chi connectivity index (χ4v) is 2.94. The van der Waals surface area contributed by atoms with E-state index in [1.165, 1.54) is 0 Å².